The molecular formula is C18H28ClN3O2. The van der Waals surface area contributed by atoms with Gasteiger partial charge in [0.1, 0.15) is 0 Å². The molecule has 24 heavy (non-hydrogen) atoms. The van der Waals surface area contributed by atoms with Crippen molar-refractivity contribution in [2.75, 3.05) is 10.6 Å². The molecule has 0 aromatic heterocycles. The van der Waals surface area contributed by atoms with Crippen molar-refractivity contribution >= 4 is 35.6 Å². The Labute approximate surface area is 150 Å². The van der Waals surface area contributed by atoms with E-state index < -0.39 is 6.04 Å². The first-order chi connectivity index (χ1) is 11.0. The highest BCUT2D eigenvalue weighted by molar-refractivity contribution is 6.01. The van der Waals surface area contributed by atoms with Gasteiger partial charge in [-0.2, -0.15) is 0 Å². The number of aryl methyl sites for hydroxylation is 1. The molecule has 0 heterocycles. The fourth-order valence-electron chi connectivity index (χ4n) is 2.96. The van der Waals surface area contributed by atoms with Crippen molar-refractivity contribution in [1.29, 1.82) is 0 Å². The van der Waals surface area contributed by atoms with E-state index >= 15 is 0 Å². The first-order valence-corrected chi connectivity index (χ1v) is 8.49. The van der Waals surface area contributed by atoms with Crippen LogP contribution in [0.15, 0.2) is 18.2 Å². The maximum absolute atomic E-state index is 12.3. The molecule has 0 radical (unpaired) electrons. The van der Waals surface area contributed by atoms with Crippen LogP contribution >= 0.6 is 12.4 Å². The van der Waals surface area contributed by atoms with Crippen LogP contribution in [0.2, 0.25) is 0 Å². The second-order valence-electron chi connectivity index (χ2n) is 6.40. The van der Waals surface area contributed by atoms with E-state index in [0.29, 0.717) is 17.8 Å². The van der Waals surface area contributed by atoms with Crippen LogP contribution in [0.1, 0.15) is 51.0 Å². The van der Waals surface area contributed by atoms with Crippen LogP contribution in [-0.4, -0.2) is 17.9 Å². The number of nitrogens with two attached hydrogens (primary N) is 1. The maximum Gasteiger partial charge on any atom is 0.241 e. The molecule has 1 atom stereocenters. The molecule has 0 unspecified atom stereocenters. The van der Waals surface area contributed by atoms with Gasteiger partial charge in [0.2, 0.25) is 11.8 Å². The number of amides is 2. The van der Waals surface area contributed by atoms with E-state index in [1.165, 1.54) is 0 Å². The molecule has 1 aromatic carbocycles. The summed E-state index contributed by atoms with van der Waals surface area (Å²) >= 11 is 0. The summed E-state index contributed by atoms with van der Waals surface area (Å²) in [4.78, 5) is 24.5. The van der Waals surface area contributed by atoms with E-state index in [1.54, 1.807) is 0 Å². The first kappa shape index (κ1) is 20.5. The summed E-state index contributed by atoms with van der Waals surface area (Å²) in [7, 11) is 0. The second kappa shape index (κ2) is 9.64. The van der Waals surface area contributed by atoms with Gasteiger partial charge in [-0.1, -0.05) is 32.3 Å². The van der Waals surface area contributed by atoms with Gasteiger partial charge in [0.05, 0.1) is 17.4 Å². The number of benzene rings is 1. The third kappa shape index (κ3) is 5.49. The molecule has 6 heteroatoms. The Morgan fingerprint density at radius 3 is 2.50 bits per heavy atom. The summed E-state index contributed by atoms with van der Waals surface area (Å²) in [6, 6.07) is 5.09. The summed E-state index contributed by atoms with van der Waals surface area (Å²) in [6.45, 7) is 3.94. The summed E-state index contributed by atoms with van der Waals surface area (Å²) in [6.07, 6.45) is 5.61. The zero-order valence-electron chi connectivity index (χ0n) is 14.4. The average Bonchev–Trinajstić information content (AvgIpc) is 3.04. The number of rotatable bonds is 6. The van der Waals surface area contributed by atoms with E-state index in [0.717, 1.165) is 37.7 Å². The monoisotopic (exact) mass is 353 g/mol. The number of hydrogen-bond acceptors (Lipinski definition) is 3. The Hall–Kier alpha value is -1.59. The molecule has 2 rings (SSSR count). The summed E-state index contributed by atoms with van der Waals surface area (Å²) in [5.74, 6) is -0.0873. The second-order valence-corrected chi connectivity index (χ2v) is 6.40. The number of anilines is 2. The highest BCUT2D eigenvalue weighted by atomic mass is 35.5. The van der Waals surface area contributed by atoms with E-state index in [1.807, 2.05) is 32.0 Å². The van der Waals surface area contributed by atoms with Crippen molar-refractivity contribution in [3.63, 3.8) is 0 Å². The minimum absolute atomic E-state index is 0. The lowest BCUT2D eigenvalue weighted by Crippen LogP contribution is -2.35. The Morgan fingerprint density at radius 2 is 1.88 bits per heavy atom. The number of nitrogens with one attached hydrogen (secondary N) is 2. The third-order valence-corrected chi connectivity index (χ3v) is 4.35. The van der Waals surface area contributed by atoms with E-state index in [2.05, 4.69) is 10.6 Å². The van der Waals surface area contributed by atoms with Gasteiger partial charge in [-0.25, -0.2) is 0 Å². The van der Waals surface area contributed by atoms with E-state index in [-0.39, 0.29) is 30.1 Å². The summed E-state index contributed by atoms with van der Waals surface area (Å²) in [5, 5.41) is 5.81. The van der Waals surface area contributed by atoms with Crippen LogP contribution < -0.4 is 16.4 Å². The van der Waals surface area contributed by atoms with Crippen molar-refractivity contribution in [1.82, 2.24) is 0 Å². The van der Waals surface area contributed by atoms with Crippen LogP contribution in [0.25, 0.3) is 0 Å². The normalized spacial score (nSPS) is 15.5. The van der Waals surface area contributed by atoms with Gasteiger partial charge in [-0.15, -0.1) is 12.4 Å². The number of halogens is 1. The highest BCUT2D eigenvalue weighted by Gasteiger charge is 2.23. The topological polar surface area (TPSA) is 84.2 Å². The molecule has 0 saturated heterocycles. The van der Waals surface area contributed by atoms with Gasteiger partial charge < -0.3 is 16.4 Å². The molecule has 0 bridgehead atoms. The quantitative estimate of drug-likeness (QED) is 0.730. The fraction of sp³-hybridized carbons (Fsp3) is 0.556. The smallest absolute Gasteiger partial charge is 0.241 e. The van der Waals surface area contributed by atoms with Crippen molar-refractivity contribution in [3.8, 4) is 0 Å². The number of hydrogen-bond donors (Lipinski definition) is 3. The fourth-order valence-corrected chi connectivity index (χ4v) is 2.96. The van der Waals surface area contributed by atoms with Crippen molar-refractivity contribution in [2.45, 2.75) is 58.4 Å². The molecule has 1 fully saturated rings. The Morgan fingerprint density at radius 1 is 1.21 bits per heavy atom. The highest BCUT2D eigenvalue weighted by Crippen LogP contribution is 2.28. The predicted octanol–water partition coefficient (Wildman–Crippen LogP) is 3.61. The van der Waals surface area contributed by atoms with Gasteiger partial charge in [-0.3, -0.25) is 9.59 Å². The van der Waals surface area contributed by atoms with Gasteiger partial charge in [0.25, 0.3) is 0 Å². The Kier molecular flexibility index (Phi) is 8.22. The molecule has 4 N–H and O–H groups in total. The molecule has 1 aromatic rings. The molecule has 134 valence electrons. The standard InChI is InChI=1S/C18H27N3O2.ClH/c1-3-6-14(19)18(23)21-16-11-12(2)9-10-15(16)20-17(22)13-7-4-5-8-13;/h9-11,13-14H,3-8,19H2,1-2H3,(H,20,22)(H,21,23);1H/t14-;/m0./s1. The van der Waals surface area contributed by atoms with Gasteiger partial charge >= 0.3 is 0 Å². The van der Waals surface area contributed by atoms with Gasteiger partial charge in [0, 0.05) is 5.92 Å². The predicted molar refractivity (Wildman–Crippen MR) is 101 cm³/mol. The van der Waals surface area contributed by atoms with Crippen LogP contribution in [0.5, 0.6) is 0 Å². The zero-order chi connectivity index (χ0) is 16.8. The summed E-state index contributed by atoms with van der Waals surface area (Å²) in [5.41, 5.74) is 8.14. The molecular weight excluding hydrogens is 326 g/mol. The van der Waals surface area contributed by atoms with E-state index in [9.17, 15) is 9.59 Å². The Bertz CT molecular complexity index is 571. The van der Waals surface area contributed by atoms with Crippen LogP contribution in [0, 0.1) is 12.8 Å². The number of carbonyl (C=O) groups excluding carboxylic acids is 2. The van der Waals surface area contributed by atoms with Crippen LogP contribution in [-0.2, 0) is 9.59 Å². The molecule has 2 amide bonds. The summed E-state index contributed by atoms with van der Waals surface area (Å²) < 4.78 is 0. The minimum Gasteiger partial charge on any atom is -0.324 e. The van der Waals surface area contributed by atoms with Gasteiger partial charge in [-0.05, 0) is 43.9 Å². The molecule has 1 aliphatic rings. The van der Waals surface area contributed by atoms with Crippen molar-refractivity contribution < 1.29 is 9.59 Å². The lowest BCUT2D eigenvalue weighted by Gasteiger charge is -2.17. The lowest BCUT2D eigenvalue weighted by molar-refractivity contribution is -0.120. The van der Waals surface area contributed by atoms with Crippen LogP contribution in [0.4, 0.5) is 11.4 Å². The minimum atomic E-state index is -0.529. The zero-order valence-corrected chi connectivity index (χ0v) is 15.2. The van der Waals surface area contributed by atoms with Crippen molar-refractivity contribution in [3.05, 3.63) is 23.8 Å². The average molecular weight is 354 g/mol. The largest absolute Gasteiger partial charge is 0.324 e. The van der Waals surface area contributed by atoms with E-state index in [4.69, 9.17) is 5.73 Å². The molecule has 0 spiro atoms. The molecule has 5 nitrogen and oxygen atoms in total. The number of carbonyl (C=O) groups is 2. The first-order valence-electron chi connectivity index (χ1n) is 8.49. The lowest BCUT2D eigenvalue weighted by atomic mass is 10.1. The van der Waals surface area contributed by atoms with Crippen LogP contribution in [0.3, 0.4) is 0 Å². The third-order valence-electron chi connectivity index (χ3n) is 4.35. The van der Waals surface area contributed by atoms with Gasteiger partial charge in [0.15, 0.2) is 0 Å². The molecule has 1 saturated carbocycles. The SMILES string of the molecule is CCC[C@H](N)C(=O)Nc1cc(C)ccc1NC(=O)C1CCCC1.Cl. The Balaban J connectivity index is 0.00000288. The van der Waals surface area contributed by atoms with Crippen molar-refractivity contribution in [2.24, 2.45) is 11.7 Å². The maximum atomic E-state index is 12.3. The molecule has 1 aliphatic carbocycles. The molecule has 0 aliphatic heterocycles.